The van der Waals surface area contributed by atoms with Crippen molar-refractivity contribution in [1.29, 1.82) is 0 Å². The number of rotatable bonds is 6. The van der Waals surface area contributed by atoms with Crippen molar-refractivity contribution in [3.05, 3.63) is 0 Å². The molecule has 0 radical (unpaired) electrons. The van der Waals surface area contributed by atoms with Crippen LogP contribution < -0.4 is 5.32 Å². The summed E-state index contributed by atoms with van der Waals surface area (Å²) in [5, 5.41) is 10.8. The third-order valence-electron chi connectivity index (χ3n) is 1.79. The zero-order valence-corrected chi connectivity index (χ0v) is 10.3. The SMILES string of the molecule is CC(C)(CCOC(=O)NCCO)N(Cl)Cl. The number of hydrogen-bond acceptors (Lipinski definition) is 4. The second-order valence-corrected chi connectivity index (χ2v) is 4.43. The zero-order chi connectivity index (χ0) is 11.9. The molecule has 0 aliphatic carbocycles. The van der Waals surface area contributed by atoms with Crippen molar-refractivity contribution >= 4 is 29.6 Å². The van der Waals surface area contributed by atoms with Gasteiger partial charge in [-0.1, -0.05) is 0 Å². The fraction of sp³-hybridized carbons (Fsp3) is 0.875. The van der Waals surface area contributed by atoms with Crippen LogP contribution in [0.5, 0.6) is 0 Å². The van der Waals surface area contributed by atoms with E-state index in [1.165, 1.54) is 0 Å². The fourth-order valence-corrected chi connectivity index (χ4v) is 0.856. The minimum absolute atomic E-state index is 0.113. The summed E-state index contributed by atoms with van der Waals surface area (Å²) in [6.45, 7) is 3.92. The number of halogens is 2. The van der Waals surface area contributed by atoms with Gasteiger partial charge in [0.15, 0.2) is 0 Å². The Morgan fingerprint density at radius 2 is 2.13 bits per heavy atom. The van der Waals surface area contributed by atoms with E-state index >= 15 is 0 Å². The van der Waals surface area contributed by atoms with Gasteiger partial charge >= 0.3 is 6.09 Å². The van der Waals surface area contributed by atoms with Crippen molar-refractivity contribution in [2.24, 2.45) is 0 Å². The van der Waals surface area contributed by atoms with Crippen LogP contribution in [0.2, 0.25) is 0 Å². The van der Waals surface area contributed by atoms with Crippen molar-refractivity contribution in [3.8, 4) is 0 Å². The number of nitrogens with one attached hydrogen (secondary N) is 1. The molecule has 2 N–H and O–H groups in total. The zero-order valence-electron chi connectivity index (χ0n) is 8.80. The smallest absolute Gasteiger partial charge is 0.407 e. The molecule has 0 aliphatic heterocycles. The molecule has 0 spiro atoms. The average Bonchev–Trinajstić information content (AvgIpc) is 2.14. The van der Waals surface area contributed by atoms with Crippen molar-refractivity contribution in [1.82, 2.24) is 9.25 Å². The lowest BCUT2D eigenvalue weighted by molar-refractivity contribution is 0.128. The van der Waals surface area contributed by atoms with Gasteiger partial charge in [0.2, 0.25) is 0 Å². The van der Waals surface area contributed by atoms with Crippen molar-refractivity contribution in [3.63, 3.8) is 0 Å². The largest absolute Gasteiger partial charge is 0.449 e. The summed E-state index contributed by atoms with van der Waals surface area (Å²) in [5.41, 5.74) is -0.458. The lowest BCUT2D eigenvalue weighted by atomic mass is 10.0. The van der Waals surface area contributed by atoms with Crippen LogP contribution >= 0.6 is 23.6 Å². The summed E-state index contributed by atoms with van der Waals surface area (Å²) in [4.78, 5) is 10.9. The summed E-state index contributed by atoms with van der Waals surface area (Å²) >= 11 is 11.2. The number of hydrogen-bond donors (Lipinski definition) is 2. The van der Waals surface area contributed by atoms with E-state index in [4.69, 9.17) is 33.4 Å². The third kappa shape index (κ3) is 6.78. The predicted octanol–water partition coefficient (Wildman–Crippen LogP) is 1.48. The number of nitrogens with zero attached hydrogens (tertiary/aromatic N) is 1. The molecule has 0 aromatic carbocycles. The summed E-state index contributed by atoms with van der Waals surface area (Å²) in [6.07, 6.45) is -0.0532. The molecule has 0 bridgehead atoms. The summed E-state index contributed by atoms with van der Waals surface area (Å²) < 4.78 is 5.85. The highest BCUT2D eigenvalue weighted by Crippen LogP contribution is 2.23. The number of aliphatic hydroxyl groups excluding tert-OH is 1. The molecule has 0 aromatic rings. The highest BCUT2D eigenvalue weighted by Gasteiger charge is 2.24. The Kier molecular flexibility index (Phi) is 7.00. The molecule has 5 nitrogen and oxygen atoms in total. The monoisotopic (exact) mass is 258 g/mol. The first-order valence-electron chi connectivity index (χ1n) is 4.53. The normalized spacial score (nSPS) is 11.6. The minimum atomic E-state index is -0.560. The van der Waals surface area contributed by atoms with Crippen LogP contribution in [0.15, 0.2) is 0 Å². The van der Waals surface area contributed by atoms with Crippen molar-refractivity contribution < 1.29 is 14.6 Å². The van der Waals surface area contributed by atoms with Gasteiger partial charge in [-0.3, -0.25) is 0 Å². The van der Waals surface area contributed by atoms with Crippen LogP contribution in [-0.4, -0.2) is 40.4 Å². The van der Waals surface area contributed by atoms with Crippen LogP contribution in [0.1, 0.15) is 20.3 Å². The Bertz CT molecular complexity index is 200. The predicted molar refractivity (Wildman–Crippen MR) is 58.7 cm³/mol. The van der Waals surface area contributed by atoms with Gasteiger partial charge in [0.05, 0.1) is 18.8 Å². The van der Waals surface area contributed by atoms with E-state index in [9.17, 15) is 4.79 Å². The maximum Gasteiger partial charge on any atom is 0.407 e. The van der Waals surface area contributed by atoms with Crippen LogP contribution in [0, 0.1) is 0 Å². The topological polar surface area (TPSA) is 61.8 Å². The molecule has 0 aromatic heterocycles. The number of carbonyl (C=O) groups excluding carboxylic acids is 1. The van der Waals surface area contributed by atoms with Gasteiger partial charge in [-0.15, -0.1) is 3.94 Å². The maximum absolute atomic E-state index is 10.9. The lowest BCUT2D eigenvalue weighted by Crippen LogP contribution is -2.34. The van der Waals surface area contributed by atoms with Crippen LogP contribution in [0.25, 0.3) is 0 Å². The molecule has 15 heavy (non-hydrogen) atoms. The second kappa shape index (κ2) is 7.11. The molecule has 1 amide bonds. The third-order valence-corrected chi connectivity index (χ3v) is 2.70. The highest BCUT2D eigenvalue weighted by atomic mass is 35.5. The quantitative estimate of drug-likeness (QED) is 0.709. The Morgan fingerprint density at radius 3 is 2.60 bits per heavy atom. The summed E-state index contributed by atoms with van der Waals surface area (Å²) in [5.74, 6) is 0. The Morgan fingerprint density at radius 1 is 1.53 bits per heavy atom. The first kappa shape index (κ1) is 14.8. The van der Waals surface area contributed by atoms with E-state index in [2.05, 4.69) is 5.32 Å². The molecule has 0 atom stereocenters. The van der Waals surface area contributed by atoms with E-state index in [0.29, 0.717) is 6.42 Å². The number of carbonyl (C=O) groups is 1. The van der Waals surface area contributed by atoms with Gasteiger partial charge in [0.25, 0.3) is 0 Å². The molecule has 0 rings (SSSR count). The van der Waals surface area contributed by atoms with Gasteiger partial charge in [-0.05, 0) is 37.4 Å². The van der Waals surface area contributed by atoms with E-state index in [-0.39, 0.29) is 19.8 Å². The van der Waals surface area contributed by atoms with Crippen LogP contribution in [-0.2, 0) is 4.74 Å². The molecule has 0 fully saturated rings. The molecular weight excluding hydrogens is 243 g/mol. The van der Waals surface area contributed by atoms with E-state index in [0.717, 1.165) is 3.94 Å². The van der Waals surface area contributed by atoms with Crippen LogP contribution in [0.3, 0.4) is 0 Å². The van der Waals surface area contributed by atoms with Crippen molar-refractivity contribution in [2.45, 2.75) is 25.8 Å². The number of amides is 1. The Balaban J connectivity index is 3.65. The number of ether oxygens (including phenoxy) is 1. The van der Waals surface area contributed by atoms with Gasteiger partial charge in [-0.2, -0.15) is 0 Å². The first-order chi connectivity index (χ1) is 6.90. The van der Waals surface area contributed by atoms with E-state index in [1.807, 2.05) is 13.8 Å². The Hall–Kier alpha value is -0.230. The molecular formula is C8H16Cl2N2O3. The fourth-order valence-electron chi connectivity index (χ4n) is 0.687. The van der Waals surface area contributed by atoms with Gasteiger partial charge in [0.1, 0.15) is 0 Å². The molecule has 90 valence electrons. The van der Waals surface area contributed by atoms with Gasteiger partial charge < -0.3 is 15.2 Å². The van der Waals surface area contributed by atoms with Crippen molar-refractivity contribution in [2.75, 3.05) is 19.8 Å². The van der Waals surface area contributed by atoms with E-state index in [1.54, 1.807) is 0 Å². The van der Waals surface area contributed by atoms with Gasteiger partial charge in [-0.25, -0.2) is 4.79 Å². The second-order valence-electron chi connectivity index (χ2n) is 3.58. The minimum Gasteiger partial charge on any atom is -0.449 e. The number of alkyl carbamates (subject to hydrolysis) is 1. The molecule has 7 heteroatoms. The molecule has 0 saturated carbocycles. The molecule has 0 saturated heterocycles. The van der Waals surface area contributed by atoms with E-state index < -0.39 is 11.6 Å². The Labute approximate surface area is 99.5 Å². The molecule has 0 aliphatic rings. The molecule has 0 heterocycles. The first-order valence-corrected chi connectivity index (χ1v) is 5.21. The molecule has 0 unspecified atom stereocenters. The summed E-state index contributed by atoms with van der Waals surface area (Å²) in [7, 11) is 0. The average molecular weight is 259 g/mol. The lowest BCUT2D eigenvalue weighted by Gasteiger charge is -2.26. The highest BCUT2D eigenvalue weighted by molar-refractivity contribution is 6.34. The number of aliphatic hydroxyl groups is 1. The summed E-state index contributed by atoms with van der Waals surface area (Å²) in [6, 6.07) is 0. The maximum atomic E-state index is 10.9. The van der Waals surface area contributed by atoms with Crippen LogP contribution in [0.4, 0.5) is 4.79 Å². The standard InChI is InChI=1S/C8H16Cl2N2O3/c1-8(2,12(9)10)3-6-15-7(14)11-4-5-13/h13H,3-6H2,1-2H3,(H,11,14). The van der Waals surface area contributed by atoms with Gasteiger partial charge in [0, 0.05) is 13.0 Å².